The minimum atomic E-state index is -3.87. The summed E-state index contributed by atoms with van der Waals surface area (Å²) in [6.07, 6.45) is 1.87. The van der Waals surface area contributed by atoms with Gasteiger partial charge in [-0.05, 0) is 46.4 Å². The van der Waals surface area contributed by atoms with Gasteiger partial charge in [0.05, 0.1) is 0 Å². The van der Waals surface area contributed by atoms with E-state index in [0.29, 0.717) is 6.42 Å². The molecule has 0 aliphatic heterocycles. The number of sulfonamides is 1. The Hall–Kier alpha value is -3.81. The fourth-order valence-corrected chi connectivity index (χ4v) is 5.18. The maximum Gasteiger partial charge on any atom is 0.303 e. The number of rotatable bonds is 10. The number of hydrogen-bond donors (Lipinski definition) is 1. The van der Waals surface area contributed by atoms with Crippen molar-refractivity contribution in [2.45, 2.75) is 31.0 Å². The van der Waals surface area contributed by atoms with E-state index in [2.05, 4.69) is 4.98 Å². The topological polar surface area (TPSA) is 87.6 Å². The van der Waals surface area contributed by atoms with Crippen molar-refractivity contribution in [3.05, 3.63) is 120 Å². The number of aliphatic carboxylic acids is 1. The zero-order chi connectivity index (χ0) is 24.7. The zero-order valence-electron chi connectivity index (χ0n) is 19.1. The van der Waals surface area contributed by atoms with Gasteiger partial charge in [0, 0.05) is 25.7 Å². The van der Waals surface area contributed by atoms with Crippen LogP contribution in [-0.4, -0.2) is 28.8 Å². The molecule has 0 fully saturated rings. The van der Waals surface area contributed by atoms with Crippen LogP contribution in [0.1, 0.15) is 23.1 Å². The van der Waals surface area contributed by atoms with Crippen LogP contribution in [0.15, 0.2) is 108 Å². The number of hydrogen-bond acceptors (Lipinski definition) is 4. The first-order valence-electron chi connectivity index (χ1n) is 11.3. The van der Waals surface area contributed by atoms with Crippen molar-refractivity contribution < 1.29 is 18.3 Å². The van der Waals surface area contributed by atoms with Crippen molar-refractivity contribution in [1.29, 1.82) is 0 Å². The molecule has 0 amide bonds. The van der Waals surface area contributed by atoms with Crippen molar-refractivity contribution in [1.82, 2.24) is 9.29 Å². The van der Waals surface area contributed by atoms with Crippen LogP contribution < -0.4 is 0 Å². The summed E-state index contributed by atoms with van der Waals surface area (Å²) >= 11 is 0. The normalized spacial score (nSPS) is 11.5. The average molecular weight is 487 g/mol. The van der Waals surface area contributed by atoms with E-state index >= 15 is 0 Å². The van der Waals surface area contributed by atoms with E-state index in [9.17, 15) is 13.2 Å². The highest BCUT2D eigenvalue weighted by atomic mass is 32.2. The minimum absolute atomic E-state index is 0.0112. The highest BCUT2D eigenvalue weighted by Crippen LogP contribution is 2.23. The maximum atomic E-state index is 13.5. The summed E-state index contributed by atoms with van der Waals surface area (Å²) in [5.74, 6) is -0.867. The Labute approximate surface area is 205 Å². The Kier molecular flexibility index (Phi) is 7.70. The Morgan fingerprint density at radius 2 is 1.40 bits per heavy atom. The average Bonchev–Trinajstić information content (AvgIpc) is 2.89. The Bertz CT molecular complexity index is 1370. The number of aromatic nitrogens is 1. The lowest BCUT2D eigenvalue weighted by Gasteiger charge is -2.22. The van der Waals surface area contributed by atoms with Crippen LogP contribution >= 0.6 is 0 Å². The number of carboxylic acids is 1. The van der Waals surface area contributed by atoms with Crippen molar-refractivity contribution >= 4 is 16.0 Å². The number of carbonyl (C=O) groups is 1. The monoisotopic (exact) mass is 486 g/mol. The molecule has 6 nitrogen and oxygen atoms in total. The summed E-state index contributed by atoms with van der Waals surface area (Å²) in [6.45, 7) is 0.313. The van der Waals surface area contributed by atoms with Crippen LogP contribution in [0.4, 0.5) is 0 Å². The number of pyridine rings is 1. The smallest absolute Gasteiger partial charge is 0.303 e. The molecule has 0 bridgehead atoms. The first-order valence-corrected chi connectivity index (χ1v) is 12.7. The third kappa shape index (κ3) is 6.41. The van der Waals surface area contributed by atoms with Gasteiger partial charge in [-0.2, -0.15) is 4.31 Å². The van der Waals surface area contributed by atoms with Gasteiger partial charge >= 0.3 is 5.97 Å². The molecule has 0 unspecified atom stereocenters. The van der Waals surface area contributed by atoms with E-state index in [1.165, 1.54) is 16.6 Å². The van der Waals surface area contributed by atoms with Gasteiger partial charge in [0.2, 0.25) is 0 Å². The van der Waals surface area contributed by atoms with Crippen molar-refractivity contribution in [2.24, 2.45) is 0 Å². The number of aryl methyl sites for hydroxylation is 1. The fraction of sp³-hybridized carbons (Fsp3) is 0.143. The Balaban J connectivity index is 1.61. The summed E-state index contributed by atoms with van der Waals surface area (Å²) < 4.78 is 28.4. The fourth-order valence-electron chi connectivity index (χ4n) is 3.83. The first-order chi connectivity index (χ1) is 16.9. The third-order valence-electron chi connectivity index (χ3n) is 5.64. The standard InChI is InChI=1S/C28H26N2O4S/c31-28(32)17-14-22-7-6-8-24(19-22)21-30(35(33,34)27-11-4-5-18-29-27)20-23-12-15-26(16-13-23)25-9-2-1-3-10-25/h1-13,15-16,18-19H,14,17,20-21H2,(H,31,32). The molecule has 0 atom stereocenters. The molecule has 3 aromatic carbocycles. The van der Waals surface area contributed by atoms with Gasteiger partial charge < -0.3 is 5.11 Å². The molecule has 4 aromatic rings. The van der Waals surface area contributed by atoms with Gasteiger partial charge in [-0.3, -0.25) is 4.79 Å². The minimum Gasteiger partial charge on any atom is -0.481 e. The van der Waals surface area contributed by atoms with Crippen molar-refractivity contribution in [2.75, 3.05) is 0 Å². The van der Waals surface area contributed by atoms with E-state index in [1.807, 2.05) is 78.9 Å². The molecule has 0 saturated heterocycles. The molecular weight excluding hydrogens is 460 g/mol. The lowest BCUT2D eigenvalue weighted by molar-refractivity contribution is -0.136. The van der Waals surface area contributed by atoms with Crippen LogP contribution in [0.25, 0.3) is 11.1 Å². The summed E-state index contributed by atoms with van der Waals surface area (Å²) in [7, 11) is -3.87. The van der Waals surface area contributed by atoms with Gasteiger partial charge in [0.25, 0.3) is 10.0 Å². The third-order valence-corrected chi connectivity index (χ3v) is 7.35. The molecule has 0 saturated carbocycles. The van der Waals surface area contributed by atoms with Gasteiger partial charge in [-0.1, -0.05) is 84.9 Å². The Morgan fingerprint density at radius 3 is 2.09 bits per heavy atom. The predicted molar refractivity (Wildman–Crippen MR) is 135 cm³/mol. The van der Waals surface area contributed by atoms with Gasteiger partial charge in [-0.15, -0.1) is 0 Å². The van der Waals surface area contributed by atoms with Gasteiger partial charge in [-0.25, -0.2) is 13.4 Å². The Morgan fingerprint density at radius 1 is 0.743 bits per heavy atom. The second-order valence-electron chi connectivity index (χ2n) is 8.22. The highest BCUT2D eigenvalue weighted by molar-refractivity contribution is 7.89. The second kappa shape index (κ2) is 11.1. The van der Waals surface area contributed by atoms with E-state index < -0.39 is 16.0 Å². The number of benzene rings is 3. The number of carboxylic acid groups (broad SMARTS) is 1. The molecule has 0 radical (unpaired) electrons. The SMILES string of the molecule is O=C(O)CCc1cccc(CN(Cc2ccc(-c3ccccc3)cc2)S(=O)(=O)c2ccccn2)c1. The van der Waals surface area contributed by atoms with Crippen LogP contribution in [-0.2, 0) is 34.3 Å². The molecule has 178 valence electrons. The summed E-state index contributed by atoms with van der Waals surface area (Å²) in [5.41, 5.74) is 4.64. The molecule has 1 N–H and O–H groups in total. The molecule has 0 aliphatic rings. The number of nitrogens with zero attached hydrogens (tertiary/aromatic N) is 2. The van der Waals surface area contributed by atoms with E-state index in [1.54, 1.807) is 12.1 Å². The van der Waals surface area contributed by atoms with Crippen molar-refractivity contribution in [3.63, 3.8) is 0 Å². The van der Waals surface area contributed by atoms with E-state index in [0.717, 1.165) is 27.8 Å². The molecule has 0 aliphatic carbocycles. The van der Waals surface area contributed by atoms with E-state index in [4.69, 9.17) is 5.11 Å². The summed E-state index contributed by atoms with van der Waals surface area (Å²) in [4.78, 5) is 15.0. The van der Waals surface area contributed by atoms with Gasteiger partial charge in [0.15, 0.2) is 5.03 Å². The lowest BCUT2D eigenvalue weighted by Crippen LogP contribution is -2.31. The largest absolute Gasteiger partial charge is 0.481 e. The highest BCUT2D eigenvalue weighted by Gasteiger charge is 2.26. The quantitative estimate of drug-likeness (QED) is 0.335. The molecule has 4 rings (SSSR count). The summed E-state index contributed by atoms with van der Waals surface area (Å²) in [6, 6.07) is 30.1. The molecular formula is C28H26N2O4S. The van der Waals surface area contributed by atoms with Crippen molar-refractivity contribution in [3.8, 4) is 11.1 Å². The predicted octanol–water partition coefficient (Wildman–Crippen LogP) is 5.16. The molecule has 35 heavy (non-hydrogen) atoms. The zero-order valence-corrected chi connectivity index (χ0v) is 19.9. The lowest BCUT2D eigenvalue weighted by atomic mass is 10.0. The maximum absolute atomic E-state index is 13.5. The molecule has 1 heterocycles. The summed E-state index contributed by atoms with van der Waals surface area (Å²) in [5, 5.41) is 8.97. The first kappa shape index (κ1) is 24.3. The van der Waals surface area contributed by atoms with E-state index in [-0.39, 0.29) is 24.5 Å². The molecule has 1 aromatic heterocycles. The van der Waals surface area contributed by atoms with Crippen LogP contribution in [0, 0.1) is 0 Å². The van der Waals surface area contributed by atoms with Crippen LogP contribution in [0.5, 0.6) is 0 Å². The van der Waals surface area contributed by atoms with Gasteiger partial charge in [0.1, 0.15) is 0 Å². The molecule has 7 heteroatoms. The molecule has 0 spiro atoms. The van der Waals surface area contributed by atoms with Crippen LogP contribution in [0.2, 0.25) is 0 Å². The van der Waals surface area contributed by atoms with Crippen LogP contribution in [0.3, 0.4) is 0 Å². The second-order valence-corrected chi connectivity index (χ2v) is 10.1.